The van der Waals surface area contributed by atoms with Crippen LogP contribution >= 0.6 is 0 Å². The molecule has 27 heavy (non-hydrogen) atoms. The van der Waals surface area contributed by atoms with Gasteiger partial charge >= 0.3 is 6.16 Å². The average molecular weight is 375 g/mol. The van der Waals surface area contributed by atoms with Crippen LogP contribution in [0.3, 0.4) is 0 Å². The highest BCUT2D eigenvalue weighted by molar-refractivity contribution is 5.65. The van der Waals surface area contributed by atoms with Gasteiger partial charge in [0.15, 0.2) is 11.4 Å². The van der Waals surface area contributed by atoms with Gasteiger partial charge in [-0.25, -0.2) is 14.3 Å². The summed E-state index contributed by atoms with van der Waals surface area (Å²) in [7, 11) is 0. The summed E-state index contributed by atoms with van der Waals surface area (Å²) in [6, 6.07) is 5.58. The summed E-state index contributed by atoms with van der Waals surface area (Å²) in [5.41, 5.74) is 5.89. The zero-order valence-electron chi connectivity index (χ0n) is 14.7. The molecule has 2 fully saturated rings. The summed E-state index contributed by atoms with van der Waals surface area (Å²) < 4.78 is 16.8. The minimum Gasteiger partial charge on any atom is -0.450 e. The van der Waals surface area contributed by atoms with Crippen molar-refractivity contribution in [1.82, 2.24) is 14.6 Å². The molecule has 10 heteroatoms. The molecular weight excluding hydrogens is 354 g/mol. The van der Waals surface area contributed by atoms with E-state index < -0.39 is 17.9 Å². The molecule has 4 heterocycles. The standard InChI is InChI=1S/C13H13N5O4.C4H8O/c14-5-13(6-21-12(19)20)4-3-10(22-13)8-1-2-9-11(15)16-7-17-18(8)9;1-2-4-5-3-1/h1-2,7,10H,3-4,6H2,(H,19,20)(H2,15,16,17);1-4H2. The van der Waals surface area contributed by atoms with Crippen LogP contribution in [-0.2, 0) is 14.2 Å². The Morgan fingerprint density at radius 2 is 2.26 bits per heavy atom. The number of anilines is 1. The van der Waals surface area contributed by atoms with Crippen LogP contribution in [0.4, 0.5) is 10.6 Å². The summed E-state index contributed by atoms with van der Waals surface area (Å²) in [6.07, 6.45) is 2.98. The Morgan fingerprint density at radius 1 is 1.48 bits per heavy atom. The van der Waals surface area contributed by atoms with Crippen molar-refractivity contribution in [3.8, 4) is 6.07 Å². The van der Waals surface area contributed by atoms with Gasteiger partial charge in [0.2, 0.25) is 0 Å². The molecule has 2 atom stereocenters. The number of fused-ring (bicyclic) bond motifs is 1. The Labute approximate surface area is 155 Å². The van der Waals surface area contributed by atoms with Crippen molar-refractivity contribution in [3.05, 3.63) is 24.2 Å². The Kier molecular flexibility index (Phi) is 5.73. The molecular formula is C17H21N5O5. The van der Waals surface area contributed by atoms with Crippen molar-refractivity contribution >= 4 is 17.5 Å². The Bertz CT molecular complexity index is 836. The van der Waals surface area contributed by atoms with E-state index in [1.807, 2.05) is 6.07 Å². The lowest BCUT2D eigenvalue weighted by molar-refractivity contribution is -0.0500. The highest BCUT2D eigenvalue weighted by Crippen LogP contribution is 2.40. The maximum atomic E-state index is 10.5. The van der Waals surface area contributed by atoms with E-state index in [2.05, 4.69) is 14.8 Å². The molecule has 4 rings (SSSR count). The molecule has 0 aliphatic carbocycles. The van der Waals surface area contributed by atoms with Crippen molar-refractivity contribution in [2.24, 2.45) is 0 Å². The largest absolute Gasteiger partial charge is 0.505 e. The SMILES string of the molecule is C1CCOC1.N#CC1(COC(=O)O)CCC(c2ccc3c(N)ncnn23)O1. The Hall–Kier alpha value is -2.90. The van der Waals surface area contributed by atoms with E-state index in [0.717, 1.165) is 18.9 Å². The van der Waals surface area contributed by atoms with E-state index in [0.29, 0.717) is 24.2 Å². The number of hydrogen-bond donors (Lipinski definition) is 2. The smallest absolute Gasteiger partial charge is 0.450 e. The molecule has 0 saturated carbocycles. The fraction of sp³-hybridized carbons (Fsp3) is 0.529. The van der Waals surface area contributed by atoms with E-state index >= 15 is 0 Å². The number of nitriles is 1. The van der Waals surface area contributed by atoms with E-state index in [9.17, 15) is 10.1 Å². The Balaban J connectivity index is 0.000000364. The number of carbonyl (C=O) groups is 1. The minimum absolute atomic E-state index is 0.324. The third-order valence-electron chi connectivity index (χ3n) is 4.48. The predicted octanol–water partition coefficient (Wildman–Crippen LogP) is 1.92. The van der Waals surface area contributed by atoms with Crippen LogP contribution in [0.5, 0.6) is 0 Å². The van der Waals surface area contributed by atoms with Gasteiger partial charge in [0.05, 0.1) is 5.69 Å². The monoisotopic (exact) mass is 375 g/mol. The fourth-order valence-corrected chi connectivity index (χ4v) is 3.09. The van der Waals surface area contributed by atoms with Crippen LogP contribution in [0.15, 0.2) is 18.5 Å². The molecule has 2 aromatic rings. The van der Waals surface area contributed by atoms with Gasteiger partial charge < -0.3 is 25.1 Å². The molecule has 0 spiro atoms. The number of ether oxygens (including phenoxy) is 3. The first-order valence-corrected chi connectivity index (χ1v) is 8.65. The zero-order valence-corrected chi connectivity index (χ0v) is 14.7. The lowest BCUT2D eigenvalue weighted by Crippen LogP contribution is -2.33. The van der Waals surface area contributed by atoms with Gasteiger partial charge in [-0.3, -0.25) is 0 Å². The van der Waals surface area contributed by atoms with Crippen LogP contribution in [0, 0.1) is 11.3 Å². The number of rotatable bonds is 3. The van der Waals surface area contributed by atoms with Gasteiger partial charge in [-0.2, -0.15) is 10.4 Å². The van der Waals surface area contributed by atoms with Crippen molar-refractivity contribution in [2.75, 3.05) is 25.6 Å². The third-order valence-corrected chi connectivity index (χ3v) is 4.48. The van der Waals surface area contributed by atoms with Crippen LogP contribution in [0.1, 0.15) is 37.5 Å². The second kappa shape index (κ2) is 8.20. The van der Waals surface area contributed by atoms with E-state index in [-0.39, 0.29) is 6.61 Å². The first-order valence-electron chi connectivity index (χ1n) is 8.65. The van der Waals surface area contributed by atoms with Crippen molar-refractivity contribution in [1.29, 1.82) is 5.26 Å². The van der Waals surface area contributed by atoms with Gasteiger partial charge in [-0.15, -0.1) is 0 Å². The van der Waals surface area contributed by atoms with Gasteiger partial charge in [-0.1, -0.05) is 0 Å². The van der Waals surface area contributed by atoms with Crippen molar-refractivity contribution in [3.63, 3.8) is 0 Å². The second-order valence-corrected chi connectivity index (χ2v) is 6.33. The molecule has 2 unspecified atom stereocenters. The predicted molar refractivity (Wildman–Crippen MR) is 92.8 cm³/mol. The molecule has 2 aromatic heterocycles. The molecule has 2 aliphatic heterocycles. The summed E-state index contributed by atoms with van der Waals surface area (Å²) in [5.74, 6) is 0.347. The fourth-order valence-electron chi connectivity index (χ4n) is 3.09. The summed E-state index contributed by atoms with van der Waals surface area (Å²) in [6.45, 7) is 1.68. The summed E-state index contributed by atoms with van der Waals surface area (Å²) in [4.78, 5) is 14.4. The molecule has 3 N–H and O–H groups in total. The molecule has 2 aliphatic rings. The van der Waals surface area contributed by atoms with Gasteiger partial charge in [0.1, 0.15) is 30.6 Å². The Morgan fingerprint density at radius 3 is 2.89 bits per heavy atom. The van der Waals surface area contributed by atoms with Crippen molar-refractivity contribution < 1.29 is 24.1 Å². The van der Waals surface area contributed by atoms with Crippen LogP contribution in [0.2, 0.25) is 0 Å². The summed E-state index contributed by atoms with van der Waals surface area (Å²) in [5, 5.41) is 22.0. The number of carboxylic acid groups (broad SMARTS) is 1. The van der Waals surface area contributed by atoms with E-state index in [1.54, 1.807) is 16.6 Å². The highest BCUT2D eigenvalue weighted by Gasteiger charge is 2.43. The molecule has 0 amide bonds. The molecule has 144 valence electrons. The van der Waals surface area contributed by atoms with Crippen LogP contribution < -0.4 is 5.73 Å². The molecule has 0 aromatic carbocycles. The topological polar surface area (TPSA) is 145 Å². The minimum atomic E-state index is -1.43. The first-order chi connectivity index (χ1) is 13.0. The molecule has 0 radical (unpaired) electrons. The van der Waals surface area contributed by atoms with Gasteiger partial charge in [-0.05, 0) is 37.8 Å². The normalized spacial score (nSPS) is 24.2. The van der Waals surface area contributed by atoms with Crippen LogP contribution in [0.25, 0.3) is 5.52 Å². The summed E-state index contributed by atoms with van der Waals surface area (Å²) >= 11 is 0. The number of nitrogen functional groups attached to an aromatic ring is 1. The highest BCUT2D eigenvalue weighted by atomic mass is 16.7. The lowest BCUT2D eigenvalue weighted by atomic mass is 10.0. The van der Waals surface area contributed by atoms with E-state index in [4.69, 9.17) is 20.3 Å². The molecule has 10 nitrogen and oxygen atoms in total. The average Bonchev–Trinajstić information content (AvgIpc) is 3.41. The van der Waals surface area contributed by atoms with Crippen molar-refractivity contribution in [2.45, 2.75) is 37.4 Å². The number of nitrogens with zero attached hydrogens (tertiary/aromatic N) is 4. The lowest BCUT2D eigenvalue weighted by Gasteiger charge is -2.20. The second-order valence-electron chi connectivity index (χ2n) is 6.33. The maximum Gasteiger partial charge on any atom is 0.505 e. The van der Waals surface area contributed by atoms with E-state index in [1.165, 1.54) is 19.2 Å². The molecule has 2 saturated heterocycles. The van der Waals surface area contributed by atoms with Crippen LogP contribution in [-0.4, -0.2) is 51.3 Å². The quantitative estimate of drug-likeness (QED) is 0.768. The zero-order chi connectivity index (χ0) is 19.3. The number of nitrogens with two attached hydrogens (primary N) is 1. The third kappa shape index (κ3) is 4.27. The molecule has 0 bridgehead atoms. The number of hydrogen-bond acceptors (Lipinski definition) is 8. The first kappa shape index (κ1) is 18.9. The maximum absolute atomic E-state index is 10.5. The number of aromatic nitrogens is 3. The van der Waals surface area contributed by atoms with Gasteiger partial charge in [0, 0.05) is 13.2 Å². The van der Waals surface area contributed by atoms with Gasteiger partial charge in [0.25, 0.3) is 0 Å².